The van der Waals surface area contributed by atoms with Gasteiger partial charge in [0.1, 0.15) is 12.0 Å². The number of rotatable bonds is 14. The van der Waals surface area contributed by atoms with Crippen LogP contribution in [0.1, 0.15) is 70.7 Å². The van der Waals surface area contributed by atoms with E-state index in [0.29, 0.717) is 6.42 Å². The fraction of sp³-hybridized carbons (Fsp3) is 0.472. The molecule has 0 saturated heterocycles. The Balaban J connectivity index is 1.62. The first-order valence-corrected chi connectivity index (χ1v) is 16.7. The van der Waals surface area contributed by atoms with Crippen LogP contribution in [0.3, 0.4) is 0 Å². The highest BCUT2D eigenvalue weighted by molar-refractivity contribution is 5.86. The molecule has 0 bridgehead atoms. The molecule has 12 nitrogen and oxygen atoms in total. The molecule has 3 aromatic rings. The average Bonchev–Trinajstić information content (AvgIpc) is 3.29. The van der Waals surface area contributed by atoms with Crippen LogP contribution in [0.25, 0.3) is 10.9 Å². The van der Waals surface area contributed by atoms with Crippen LogP contribution in [0, 0.1) is 0 Å². The summed E-state index contributed by atoms with van der Waals surface area (Å²) in [5.74, 6) is -1.09. The number of esters is 1. The molecule has 3 unspecified atom stereocenters. The molecule has 1 aliphatic rings. The number of aromatic amines is 1. The lowest BCUT2D eigenvalue weighted by molar-refractivity contribution is -0.192. The normalized spacial score (nSPS) is 16.5. The Labute approximate surface area is 295 Å². The molecule has 0 saturated carbocycles. The number of aromatic nitrogens is 1. The SMILES string of the molecule is CCOC(=O)C(c1ccc(C(F)(F)F)cc1)N1C=C(NC(O)[C@@H](Cc2c[nH]c3ccccc23)NC(=O)C(C)(C)NC(O)OC(C)(C)C)N=CCC1. The number of para-hydroxylation sites is 1. The van der Waals surface area contributed by atoms with Crippen LogP contribution in [0.15, 0.2) is 71.7 Å². The number of ether oxygens (including phenoxy) is 2. The van der Waals surface area contributed by atoms with E-state index < -0.39 is 59.5 Å². The van der Waals surface area contributed by atoms with Crippen molar-refractivity contribution in [2.24, 2.45) is 4.99 Å². The number of hydrogen-bond acceptors (Lipinski definition) is 10. The van der Waals surface area contributed by atoms with E-state index in [0.717, 1.165) is 28.6 Å². The number of nitrogens with zero attached hydrogens (tertiary/aromatic N) is 2. The van der Waals surface area contributed by atoms with Gasteiger partial charge in [0.05, 0.1) is 29.4 Å². The minimum absolute atomic E-state index is 0.0492. The maximum absolute atomic E-state index is 13.7. The summed E-state index contributed by atoms with van der Waals surface area (Å²) in [6.07, 6.45) is -2.06. The third-order valence-corrected chi connectivity index (χ3v) is 8.06. The maximum atomic E-state index is 13.7. The van der Waals surface area contributed by atoms with Gasteiger partial charge in [-0.2, -0.15) is 13.2 Å². The topological polar surface area (TPSA) is 161 Å². The lowest BCUT2D eigenvalue weighted by Crippen LogP contribution is -2.61. The molecule has 15 heteroatoms. The quantitative estimate of drug-likeness (QED) is 0.105. The van der Waals surface area contributed by atoms with Crippen LogP contribution < -0.4 is 16.0 Å². The van der Waals surface area contributed by atoms with Crippen molar-refractivity contribution in [2.75, 3.05) is 13.2 Å². The molecule has 0 spiro atoms. The number of aliphatic imine (C=N–C) groups is 1. The molecule has 2 aromatic carbocycles. The number of benzene rings is 2. The number of halogens is 3. The van der Waals surface area contributed by atoms with Gasteiger partial charge in [0, 0.05) is 42.5 Å². The summed E-state index contributed by atoms with van der Waals surface area (Å²) < 4.78 is 50.7. The van der Waals surface area contributed by atoms with Crippen molar-refractivity contribution in [3.63, 3.8) is 0 Å². The smallest absolute Gasteiger partial charge is 0.416 e. The maximum Gasteiger partial charge on any atom is 0.416 e. The largest absolute Gasteiger partial charge is 0.464 e. The molecule has 0 radical (unpaired) electrons. The molecule has 1 aromatic heterocycles. The van der Waals surface area contributed by atoms with E-state index in [-0.39, 0.29) is 31.0 Å². The standard InChI is InChI=1S/C36H47F3N6O6/c1-7-50-31(47)29(22-13-15-24(16-14-22)36(37,38)39)45-18-10-17-40-28(21-45)43-30(46)27(19-23-20-41-26-12-9-8-11-25(23)26)42-32(48)35(5,6)44-33(49)51-34(2,3)4/h8-9,11-17,20-21,27,29-30,33,41,43-44,46,49H,7,10,18-19H2,1-6H3,(H,42,48)/t27-,29?,30?,33?/m1/s1. The zero-order chi connectivity index (χ0) is 37.6. The van der Waals surface area contributed by atoms with Crippen LogP contribution in [-0.4, -0.2) is 81.2 Å². The van der Waals surface area contributed by atoms with Gasteiger partial charge in [-0.05, 0) is 77.3 Å². The first kappa shape index (κ1) is 39.3. The number of aliphatic hydroxyl groups is 2. The lowest BCUT2D eigenvalue weighted by atomic mass is 10.00. The van der Waals surface area contributed by atoms with E-state index in [9.17, 15) is 33.0 Å². The first-order valence-electron chi connectivity index (χ1n) is 16.7. The number of aliphatic hydroxyl groups excluding tert-OH is 2. The highest BCUT2D eigenvalue weighted by atomic mass is 19.4. The Morgan fingerprint density at radius 1 is 1.04 bits per heavy atom. The van der Waals surface area contributed by atoms with Crippen molar-refractivity contribution in [3.8, 4) is 0 Å². The summed E-state index contributed by atoms with van der Waals surface area (Å²) in [4.78, 5) is 36.1. The van der Waals surface area contributed by atoms with Crippen LogP contribution in [0.5, 0.6) is 0 Å². The zero-order valence-electron chi connectivity index (χ0n) is 29.5. The highest BCUT2D eigenvalue weighted by Gasteiger charge is 2.36. The fourth-order valence-corrected chi connectivity index (χ4v) is 5.56. The predicted octanol–water partition coefficient (Wildman–Crippen LogP) is 4.46. The third-order valence-electron chi connectivity index (χ3n) is 8.06. The summed E-state index contributed by atoms with van der Waals surface area (Å²) in [7, 11) is 0. The van der Waals surface area contributed by atoms with Gasteiger partial charge in [-0.25, -0.2) is 9.79 Å². The van der Waals surface area contributed by atoms with Gasteiger partial charge < -0.3 is 40.2 Å². The molecule has 4 atom stereocenters. The molecule has 6 N–H and O–H groups in total. The monoisotopic (exact) mass is 716 g/mol. The fourth-order valence-electron chi connectivity index (χ4n) is 5.56. The molecule has 0 aliphatic carbocycles. The summed E-state index contributed by atoms with van der Waals surface area (Å²) in [6.45, 7) is 10.3. The lowest BCUT2D eigenvalue weighted by Gasteiger charge is -2.34. The summed E-state index contributed by atoms with van der Waals surface area (Å²) >= 11 is 0. The minimum atomic E-state index is -4.55. The van der Waals surface area contributed by atoms with Crippen molar-refractivity contribution >= 4 is 29.0 Å². The van der Waals surface area contributed by atoms with Crippen molar-refractivity contribution < 1.29 is 42.4 Å². The van der Waals surface area contributed by atoms with Gasteiger partial charge in [0.25, 0.3) is 0 Å². The summed E-state index contributed by atoms with van der Waals surface area (Å²) in [6, 6.07) is 9.79. The Morgan fingerprint density at radius 2 is 1.73 bits per heavy atom. The Bertz CT molecular complexity index is 1700. The van der Waals surface area contributed by atoms with Crippen molar-refractivity contribution in [1.29, 1.82) is 0 Å². The summed E-state index contributed by atoms with van der Waals surface area (Å²) in [5, 5.41) is 31.6. The number of carbonyl (C=O) groups excluding carboxylic acids is 2. The van der Waals surface area contributed by atoms with E-state index in [2.05, 4.69) is 25.9 Å². The number of fused-ring (bicyclic) bond motifs is 1. The Kier molecular flexibility index (Phi) is 12.6. The minimum Gasteiger partial charge on any atom is -0.464 e. The van der Waals surface area contributed by atoms with Gasteiger partial charge in [0.2, 0.25) is 12.3 Å². The highest BCUT2D eigenvalue weighted by Crippen LogP contribution is 2.32. The Morgan fingerprint density at radius 3 is 2.37 bits per heavy atom. The van der Waals surface area contributed by atoms with Gasteiger partial charge in [-0.3, -0.25) is 10.1 Å². The number of H-pyrrole nitrogens is 1. The van der Waals surface area contributed by atoms with E-state index in [1.54, 1.807) is 58.9 Å². The number of carbonyl (C=O) groups is 2. The molecule has 1 aliphatic heterocycles. The van der Waals surface area contributed by atoms with Gasteiger partial charge in [-0.15, -0.1) is 0 Å². The van der Waals surface area contributed by atoms with Crippen LogP contribution in [0.4, 0.5) is 13.2 Å². The first-order chi connectivity index (χ1) is 23.9. The molecule has 1 amide bonds. The van der Waals surface area contributed by atoms with Gasteiger partial charge in [-0.1, -0.05) is 30.3 Å². The molecule has 278 valence electrons. The van der Waals surface area contributed by atoms with E-state index in [1.165, 1.54) is 18.3 Å². The number of amides is 1. The van der Waals surface area contributed by atoms with E-state index in [1.807, 2.05) is 24.3 Å². The summed E-state index contributed by atoms with van der Waals surface area (Å²) in [5.41, 5.74) is -0.958. The third kappa shape index (κ3) is 10.8. The van der Waals surface area contributed by atoms with E-state index in [4.69, 9.17) is 9.47 Å². The molecular weight excluding hydrogens is 669 g/mol. The molecule has 0 fully saturated rings. The second-order valence-corrected chi connectivity index (χ2v) is 13.7. The van der Waals surface area contributed by atoms with E-state index >= 15 is 0 Å². The molecule has 51 heavy (non-hydrogen) atoms. The Hall–Kier alpha value is -4.44. The average molecular weight is 717 g/mol. The van der Waals surface area contributed by atoms with Crippen LogP contribution >= 0.6 is 0 Å². The van der Waals surface area contributed by atoms with Crippen molar-refractivity contribution in [3.05, 3.63) is 83.4 Å². The molecule has 4 rings (SSSR count). The second-order valence-electron chi connectivity index (χ2n) is 13.7. The number of nitrogens with one attached hydrogen (secondary N) is 4. The van der Waals surface area contributed by atoms with Gasteiger partial charge >= 0.3 is 12.1 Å². The molecular formula is C36H47F3N6O6. The van der Waals surface area contributed by atoms with Gasteiger partial charge in [0.15, 0.2) is 6.04 Å². The van der Waals surface area contributed by atoms with Crippen molar-refractivity contribution in [2.45, 2.75) is 96.4 Å². The number of hydrogen-bond donors (Lipinski definition) is 6. The van der Waals surface area contributed by atoms with Crippen LogP contribution in [0.2, 0.25) is 0 Å². The second kappa shape index (κ2) is 16.3. The van der Waals surface area contributed by atoms with Crippen molar-refractivity contribution in [1.82, 2.24) is 25.8 Å². The van der Waals surface area contributed by atoms with Crippen LogP contribution in [-0.2, 0) is 31.7 Å². The zero-order valence-corrected chi connectivity index (χ0v) is 29.5. The predicted molar refractivity (Wildman–Crippen MR) is 186 cm³/mol. The molecule has 2 heterocycles. The number of alkyl halides is 3.